The number of ether oxygens (including phenoxy) is 6. The first-order valence-electron chi connectivity index (χ1n) is 46.9. The van der Waals surface area contributed by atoms with Gasteiger partial charge in [-0.05, 0) is 38.5 Å². The van der Waals surface area contributed by atoms with Crippen molar-refractivity contribution in [1.29, 1.82) is 0 Å². The van der Waals surface area contributed by atoms with E-state index in [4.69, 9.17) is 28.4 Å². The number of hydrogen-bond acceptors (Lipinski definition) is 18. The molecule has 0 aromatic heterocycles. The van der Waals surface area contributed by atoms with E-state index >= 15 is 0 Å². The molecule has 652 valence electrons. The Bertz CT molecular complexity index is 2030. The summed E-state index contributed by atoms with van der Waals surface area (Å²) < 4.78 is 34.6. The molecule has 110 heavy (non-hydrogen) atoms. The first kappa shape index (κ1) is 103. The van der Waals surface area contributed by atoms with Crippen molar-refractivity contribution in [1.82, 2.24) is 5.32 Å². The maximum Gasteiger partial charge on any atom is 0.220 e. The van der Waals surface area contributed by atoms with Gasteiger partial charge in [0.05, 0.1) is 38.6 Å². The van der Waals surface area contributed by atoms with Crippen LogP contribution in [-0.4, -0.2) is 193 Å². The third-order valence-corrected chi connectivity index (χ3v) is 23.8. The number of nitrogens with one attached hydrogen (secondary N) is 1. The lowest BCUT2D eigenvalue weighted by Crippen LogP contribution is -2.66. The lowest BCUT2D eigenvalue weighted by molar-refractivity contribution is -0.379. The number of aliphatic hydroxyl groups excluding tert-OH is 11. The van der Waals surface area contributed by atoms with Crippen molar-refractivity contribution >= 4 is 5.91 Å². The Morgan fingerprint density at radius 2 is 0.573 bits per heavy atom. The molecule has 12 N–H and O–H groups in total. The van der Waals surface area contributed by atoms with Crippen LogP contribution in [-0.2, 0) is 33.2 Å². The summed E-state index contributed by atoms with van der Waals surface area (Å²) >= 11 is 0. The van der Waals surface area contributed by atoms with Crippen LogP contribution in [0, 0.1) is 0 Å². The minimum absolute atomic E-state index is 0.231. The summed E-state index contributed by atoms with van der Waals surface area (Å²) in [7, 11) is 0. The smallest absolute Gasteiger partial charge is 0.220 e. The van der Waals surface area contributed by atoms with Crippen molar-refractivity contribution in [2.24, 2.45) is 0 Å². The number of amides is 1. The maximum absolute atomic E-state index is 13.6. The van der Waals surface area contributed by atoms with Crippen molar-refractivity contribution < 1.29 is 89.4 Å². The normalized spacial score (nSPS) is 25.1. The fourth-order valence-corrected chi connectivity index (χ4v) is 16.4. The summed E-state index contributed by atoms with van der Waals surface area (Å²) in [6.07, 6.45) is 62.0. The highest BCUT2D eigenvalue weighted by Crippen LogP contribution is 2.34. The standard InChI is InChI=1S/C91H175NO18/c1-3-5-7-9-11-13-15-17-19-21-23-25-27-29-31-33-34-35-36-37-38-39-40-41-43-45-47-49-51-53-55-57-59-61-63-65-67-69-79(97)92-74(75(96)68-66-64-62-60-58-56-54-52-50-48-46-44-42-32-30-28-26-24-22-20-18-16-14-12-10-8-6-4-2)73-105-89-85(103)82(100)87(77(71-94)107-89)110-91-86(104)83(101)88(78(72-95)108-91)109-90-84(102)81(99)80(98)76(70-93)106-90/h21,23,74-78,80-91,93-96,98-104H,3-20,22,24-73H2,1-2H3,(H,92,97)/b23-21-. The van der Waals surface area contributed by atoms with E-state index in [0.717, 1.165) is 44.9 Å². The number of aliphatic hydroxyl groups is 11. The molecule has 19 heteroatoms. The van der Waals surface area contributed by atoms with E-state index in [1.54, 1.807) is 0 Å². The third-order valence-electron chi connectivity index (χ3n) is 23.8. The highest BCUT2D eigenvalue weighted by atomic mass is 16.8. The SMILES string of the molecule is CCCCCCCCCC/C=C\CCCCCCCCCCCCCCCCCCCCCCCCCCCC(=O)NC(COC1OC(CO)C(OC2OC(CO)C(OC3OC(CO)C(O)C(O)C3O)C(O)C2O)C(O)C1O)C(O)CCCCCCCCCCCCCCCCCCCCCCCCCCCCCC. The molecule has 0 radical (unpaired) electrons. The van der Waals surface area contributed by atoms with Crippen molar-refractivity contribution in [3.05, 3.63) is 12.2 Å². The van der Waals surface area contributed by atoms with Gasteiger partial charge in [-0.25, -0.2) is 0 Å². The molecular formula is C91H175NO18. The van der Waals surface area contributed by atoms with Gasteiger partial charge in [-0.1, -0.05) is 398 Å². The van der Waals surface area contributed by atoms with E-state index in [1.807, 2.05) is 0 Å². The zero-order valence-corrected chi connectivity index (χ0v) is 70.5. The van der Waals surface area contributed by atoms with Crippen LogP contribution in [0.2, 0.25) is 0 Å². The average molecular weight is 1570 g/mol. The average Bonchev–Trinajstić information content (AvgIpc) is 0.784. The predicted molar refractivity (Wildman–Crippen MR) is 444 cm³/mol. The lowest BCUT2D eigenvalue weighted by Gasteiger charge is -2.48. The van der Waals surface area contributed by atoms with Gasteiger partial charge in [-0.3, -0.25) is 4.79 Å². The molecule has 3 aliphatic heterocycles. The molecule has 3 fully saturated rings. The molecule has 0 saturated carbocycles. The summed E-state index contributed by atoms with van der Waals surface area (Å²) in [5, 5.41) is 121. The highest BCUT2D eigenvalue weighted by molar-refractivity contribution is 5.76. The monoisotopic (exact) mass is 1570 g/mol. The summed E-state index contributed by atoms with van der Waals surface area (Å²) in [5.74, 6) is -0.231. The van der Waals surface area contributed by atoms with E-state index in [1.165, 1.54) is 353 Å². The molecule has 3 heterocycles. The Hall–Kier alpha value is -1.47. The van der Waals surface area contributed by atoms with E-state index in [2.05, 4.69) is 31.3 Å². The Kier molecular flexibility index (Phi) is 66.9. The second-order valence-corrected chi connectivity index (χ2v) is 33.8. The van der Waals surface area contributed by atoms with Gasteiger partial charge in [0.1, 0.15) is 73.2 Å². The van der Waals surface area contributed by atoms with E-state index in [9.17, 15) is 61.0 Å². The van der Waals surface area contributed by atoms with Crippen LogP contribution in [0.1, 0.15) is 431 Å². The molecule has 0 bridgehead atoms. The van der Waals surface area contributed by atoms with Gasteiger partial charge in [0.2, 0.25) is 5.91 Å². The van der Waals surface area contributed by atoms with Crippen molar-refractivity contribution in [3.8, 4) is 0 Å². The number of carbonyl (C=O) groups is 1. The first-order valence-corrected chi connectivity index (χ1v) is 46.9. The van der Waals surface area contributed by atoms with Gasteiger partial charge < -0.3 is 89.9 Å². The number of rotatable bonds is 78. The minimum atomic E-state index is -1.97. The Balaban J connectivity index is 1.29. The second-order valence-electron chi connectivity index (χ2n) is 33.8. The predicted octanol–water partition coefficient (Wildman–Crippen LogP) is 18.2. The quantitative estimate of drug-likeness (QED) is 0.0199. The van der Waals surface area contributed by atoms with Crippen LogP contribution < -0.4 is 5.32 Å². The van der Waals surface area contributed by atoms with E-state index < -0.39 is 124 Å². The van der Waals surface area contributed by atoms with Crippen LogP contribution in [0.15, 0.2) is 12.2 Å². The lowest BCUT2D eigenvalue weighted by atomic mass is 9.96. The molecule has 1 amide bonds. The number of hydrogen-bond donors (Lipinski definition) is 12. The van der Waals surface area contributed by atoms with Crippen LogP contribution in [0.5, 0.6) is 0 Å². The van der Waals surface area contributed by atoms with Gasteiger partial charge in [0.25, 0.3) is 0 Å². The largest absolute Gasteiger partial charge is 0.394 e. The van der Waals surface area contributed by atoms with Crippen LogP contribution in [0.3, 0.4) is 0 Å². The van der Waals surface area contributed by atoms with Gasteiger partial charge in [-0.15, -0.1) is 0 Å². The third kappa shape index (κ3) is 49.7. The number of allylic oxidation sites excluding steroid dienone is 2. The highest BCUT2D eigenvalue weighted by Gasteiger charge is 2.54. The molecule has 17 atom stereocenters. The van der Waals surface area contributed by atoms with Crippen LogP contribution >= 0.6 is 0 Å². The Morgan fingerprint density at radius 3 is 0.882 bits per heavy atom. The molecular weight excluding hydrogens is 1390 g/mol. The minimum Gasteiger partial charge on any atom is -0.394 e. The molecule has 3 aliphatic rings. The van der Waals surface area contributed by atoms with Crippen molar-refractivity contribution in [2.75, 3.05) is 26.4 Å². The topological polar surface area (TPSA) is 307 Å². The second kappa shape index (κ2) is 71.6. The zero-order valence-electron chi connectivity index (χ0n) is 70.5. The van der Waals surface area contributed by atoms with Gasteiger partial charge in [-0.2, -0.15) is 0 Å². The summed E-state index contributed by atoms with van der Waals surface area (Å²) in [4.78, 5) is 13.6. The van der Waals surface area contributed by atoms with Gasteiger partial charge in [0, 0.05) is 6.42 Å². The number of unbranched alkanes of at least 4 members (excludes halogenated alkanes) is 60. The fraction of sp³-hybridized carbons (Fsp3) is 0.967. The molecule has 3 rings (SSSR count). The maximum atomic E-state index is 13.6. The summed E-state index contributed by atoms with van der Waals surface area (Å²) in [6, 6.07) is -0.886. The molecule has 3 saturated heterocycles. The molecule has 0 aromatic rings. The Labute approximate surface area is 671 Å². The number of carbonyl (C=O) groups excluding carboxylic acids is 1. The summed E-state index contributed by atoms with van der Waals surface area (Å²) in [5.41, 5.74) is 0. The molecule has 19 nitrogen and oxygen atoms in total. The molecule has 17 unspecified atom stereocenters. The van der Waals surface area contributed by atoms with E-state index in [-0.39, 0.29) is 18.9 Å². The fourth-order valence-electron chi connectivity index (χ4n) is 16.4. The molecule has 0 spiro atoms. The van der Waals surface area contributed by atoms with Crippen LogP contribution in [0.25, 0.3) is 0 Å². The molecule has 0 aliphatic carbocycles. The first-order chi connectivity index (χ1) is 53.8. The van der Waals surface area contributed by atoms with Gasteiger partial charge in [0.15, 0.2) is 18.9 Å². The van der Waals surface area contributed by atoms with Crippen LogP contribution in [0.4, 0.5) is 0 Å². The zero-order chi connectivity index (χ0) is 79.5. The van der Waals surface area contributed by atoms with Gasteiger partial charge >= 0.3 is 0 Å². The molecule has 0 aromatic carbocycles. The summed E-state index contributed by atoms with van der Waals surface area (Å²) in [6.45, 7) is 1.89. The Morgan fingerprint density at radius 1 is 0.318 bits per heavy atom. The van der Waals surface area contributed by atoms with E-state index in [0.29, 0.717) is 12.8 Å². The van der Waals surface area contributed by atoms with Crippen molar-refractivity contribution in [3.63, 3.8) is 0 Å². The van der Waals surface area contributed by atoms with Crippen molar-refractivity contribution in [2.45, 2.75) is 535 Å².